The van der Waals surface area contributed by atoms with Crippen LogP contribution < -0.4 is 0 Å². The summed E-state index contributed by atoms with van der Waals surface area (Å²) in [7, 11) is 0. The fourth-order valence-corrected chi connectivity index (χ4v) is 2.28. The van der Waals surface area contributed by atoms with Crippen molar-refractivity contribution in [1.29, 1.82) is 0 Å². The second-order valence-electron chi connectivity index (χ2n) is 3.60. The van der Waals surface area contributed by atoms with E-state index in [1.54, 1.807) is 6.92 Å². The summed E-state index contributed by atoms with van der Waals surface area (Å²) in [6, 6.07) is 7.36. The molecule has 1 rings (SSSR count). The molecule has 0 aliphatic carbocycles. The van der Waals surface area contributed by atoms with Gasteiger partial charge in [-0.25, -0.2) is 0 Å². The fourth-order valence-electron chi connectivity index (χ4n) is 1.32. The zero-order valence-corrected chi connectivity index (χ0v) is 10.2. The number of hydrogen-bond donors (Lipinski definition) is 2. The molecule has 0 amide bonds. The van der Waals surface area contributed by atoms with Crippen LogP contribution in [0.5, 0.6) is 0 Å². The maximum atomic E-state index is 10.9. The van der Waals surface area contributed by atoms with E-state index < -0.39 is 17.3 Å². The number of thioether (sulfide) groups is 1. The molecule has 3 nitrogen and oxygen atoms in total. The molecule has 0 heterocycles. The Balaban J connectivity index is 2.80. The molecular weight excluding hydrogens is 224 g/mol. The molecule has 2 unspecified atom stereocenters. The highest BCUT2D eigenvalue weighted by molar-refractivity contribution is 8.00. The molecule has 0 radical (unpaired) electrons. The summed E-state index contributed by atoms with van der Waals surface area (Å²) >= 11 is 1.32. The third-order valence-corrected chi connectivity index (χ3v) is 3.61. The average Bonchev–Trinajstić information content (AvgIpc) is 2.25. The van der Waals surface area contributed by atoms with Gasteiger partial charge in [0.05, 0.1) is 6.10 Å². The number of aliphatic hydroxyl groups excluding tert-OH is 1. The maximum Gasteiger partial charge on any atom is 0.316 e. The van der Waals surface area contributed by atoms with Crippen molar-refractivity contribution in [3.8, 4) is 0 Å². The van der Waals surface area contributed by atoms with Gasteiger partial charge in [0.1, 0.15) is 5.25 Å². The van der Waals surface area contributed by atoms with E-state index in [-0.39, 0.29) is 0 Å². The normalized spacial score (nSPS) is 14.4. The van der Waals surface area contributed by atoms with Crippen molar-refractivity contribution in [2.45, 2.75) is 36.5 Å². The second kappa shape index (κ2) is 5.92. The fraction of sp³-hybridized carbons (Fsp3) is 0.417. The van der Waals surface area contributed by atoms with E-state index in [0.29, 0.717) is 6.42 Å². The van der Waals surface area contributed by atoms with E-state index in [4.69, 9.17) is 5.11 Å². The highest BCUT2D eigenvalue weighted by atomic mass is 32.2. The van der Waals surface area contributed by atoms with Gasteiger partial charge in [0.25, 0.3) is 0 Å². The number of rotatable bonds is 5. The topological polar surface area (TPSA) is 57.5 Å². The van der Waals surface area contributed by atoms with Crippen molar-refractivity contribution in [3.63, 3.8) is 0 Å². The molecular formula is C12H16O3S. The third-order valence-electron chi connectivity index (χ3n) is 2.27. The van der Waals surface area contributed by atoms with Crippen LogP contribution in [0.15, 0.2) is 29.2 Å². The average molecular weight is 240 g/mol. The van der Waals surface area contributed by atoms with Gasteiger partial charge in [0, 0.05) is 4.90 Å². The van der Waals surface area contributed by atoms with Crippen molar-refractivity contribution in [2.75, 3.05) is 0 Å². The summed E-state index contributed by atoms with van der Waals surface area (Å²) in [6.07, 6.45) is 0.0595. The van der Waals surface area contributed by atoms with Crippen LogP contribution in [0, 0.1) is 0 Å². The third kappa shape index (κ3) is 3.54. The van der Waals surface area contributed by atoms with E-state index in [1.165, 1.54) is 11.8 Å². The van der Waals surface area contributed by atoms with E-state index in [0.717, 1.165) is 10.5 Å². The standard InChI is InChI=1S/C12H16O3S/c1-3-11(12(14)15)16-10-6-4-5-9(7-10)8(2)13/h4-8,11,13H,3H2,1-2H3,(H,14,15). The summed E-state index contributed by atoms with van der Waals surface area (Å²) in [5.41, 5.74) is 0.810. The SMILES string of the molecule is CCC(Sc1cccc(C(C)O)c1)C(=O)O. The lowest BCUT2D eigenvalue weighted by Gasteiger charge is -2.11. The quantitative estimate of drug-likeness (QED) is 0.777. The van der Waals surface area contributed by atoms with Gasteiger partial charge < -0.3 is 10.2 Å². The largest absolute Gasteiger partial charge is 0.480 e. The Morgan fingerprint density at radius 1 is 1.50 bits per heavy atom. The Bertz CT molecular complexity index is 363. The maximum absolute atomic E-state index is 10.9. The first-order valence-corrected chi connectivity index (χ1v) is 6.10. The van der Waals surface area contributed by atoms with Gasteiger partial charge in [0.15, 0.2) is 0 Å². The molecule has 2 atom stereocenters. The lowest BCUT2D eigenvalue weighted by molar-refractivity contribution is -0.136. The molecule has 0 aliphatic heterocycles. The van der Waals surface area contributed by atoms with E-state index in [2.05, 4.69) is 0 Å². The van der Waals surface area contributed by atoms with Gasteiger partial charge in [-0.1, -0.05) is 19.1 Å². The van der Waals surface area contributed by atoms with Gasteiger partial charge in [-0.05, 0) is 31.0 Å². The van der Waals surface area contributed by atoms with Crippen LogP contribution in [-0.4, -0.2) is 21.4 Å². The van der Waals surface area contributed by atoms with Crippen molar-refractivity contribution < 1.29 is 15.0 Å². The Hall–Kier alpha value is -1.00. The summed E-state index contributed by atoms with van der Waals surface area (Å²) in [6.45, 7) is 3.54. The first kappa shape index (κ1) is 13.1. The number of aliphatic hydroxyl groups is 1. The minimum Gasteiger partial charge on any atom is -0.480 e. The Morgan fingerprint density at radius 3 is 2.69 bits per heavy atom. The van der Waals surface area contributed by atoms with E-state index in [9.17, 15) is 9.90 Å². The van der Waals surface area contributed by atoms with Gasteiger partial charge in [0.2, 0.25) is 0 Å². The van der Waals surface area contributed by atoms with Crippen molar-refractivity contribution in [2.24, 2.45) is 0 Å². The number of carbonyl (C=O) groups is 1. The summed E-state index contributed by atoms with van der Waals surface area (Å²) < 4.78 is 0. The zero-order valence-electron chi connectivity index (χ0n) is 9.38. The molecule has 1 aromatic rings. The first-order valence-electron chi connectivity index (χ1n) is 5.22. The summed E-state index contributed by atoms with van der Waals surface area (Å²) in [4.78, 5) is 11.8. The lowest BCUT2D eigenvalue weighted by Crippen LogP contribution is -2.14. The van der Waals surface area contributed by atoms with E-state index >= 15 is 0 Å². The van der Waals surface area contributed by atoms with Gasteiger partial charge >= 0.3 is 5.97 Å². The second-order valence-corrected chi connectivity index (χ2v) is 4.88. The lowest BCUT2D eigenvalue weighted by atomic mass is 10.1. The van der Waals surface area contributed by atoms with Gasteiger partial charge in [-0.3, -0.25) is 4.79 Å². The van der Waals surface area contributed by atoms with Crippen LogP contribution in [0.1, 0.15) is 31.9 Å². The molecule has 0 aliphatic rings. The van der Waals surface area contributed by atoms with Gasteiger partial charge in [-0.15, -0.1) is 11.8 Å². The van der Waals surface area contributed by atoms with Crippen LogP contribution >= 0.6 is 11.8 Å². The Kier molecular flexibility index (Phi) is 4.83. The zero-order chi connectivity index (χ0) is 12.1. The van der Waals surface area contributed by atoms with Crippen LogP contribution in [0.4, 0.5) is 0 Å². The summed E-state index contributed by atoms with van der Waals surface area (Å²) in [5, 5.41) is 17.9. The Morgan fingerprint density at radius 2 is 2.19 bits per heavy atom. The molecule has 0 aromatic heterocycles. The predicted octanol–water partition coefficient (Wildman–Crippen LogP) is 2.70. The highest BCUT2D eigenvalue weighted by Gasteiger charge is 2.16. The Labute approximate surface area is 99.5 Å². The van der Waals surface area contributed by atoms with Crippen LogP contribution in [0.2, 0.25) is 0 Å². The minimum absolute atomic E-state index is 0.427. The van der Waals surface area contributed by atoms with E-state index in [1.807, 2.05) is 31.2 Å². The number of benzene rings is 1. The molecule has 4 heteroatoms. The van der Waals surface area contributed by atoms with Crippen LogP contribution in [0.25, 0.3) is 0 Å². The highest BCUT2D eigenvalue weighted by Crippen LogP contribution is 2.27. The molecule has 2 N–H and O–H groups in total. The van der Waals surface area contributed by atoms with Crippen LogP contribution in [-0.2, 0) is 4.79 Å². The molecule has 0 saturated carbocycles. The van der Waals surface area contributed by atoms with Crippen molar-refractivity contribution in [1.82, 2.24) is 0 Å². The van der Waals surface area contributed by atoms with Crippen molar-refractivity contribution in [3.05, 3.63) is 29.8 Å². The molecule has 0 saturated heterocycles. The number of carboxylic acid groups (broad SMARTS) is 1. The molecule has 0 fully saturated rings. The smallest absolute Gasteiger partial charge is 0.316 e. The summed E-state index contributed by atoms with van der Waals surface area (Å²) in [5.74, 6) is -0.796. The molecule has 0 spiro atoms. The molecule has 16 heavy (non-hydrogen) atoms. The molecule has 88 valence electrons. The minimum atomic E-state index is -0.796. The number of carboxylic acids is 1. The molecule has 1 aromatic carbocycles. The number of aliphatic carboxylic acids is 1. The van der Waals surface area contributed by atoms with Gasteiger partial charge in [-0.2, -0.15) is 0 Å². The molecule has 0 bridgehead atoms. The first-order chi connectivity index (χ1) is 7.54. The van der Waals surface area contributed by atoms with Crippen molar-refractivity contribution >= 4 is 17.7 Å². The monoisotopic (exact) mass is 240 g/mol. The number of hydrogen-bond acceptors (Lipinski definition) is 3. The predicted molar refractivity (Wildman–Crippen MR) is 64.6 cm³/mol. The van der Waals surface area contributed by atoms with Crippen LogP contribution in [0.3, 0.4) is 0 Å².